The van der Waals surface area contributed by atoms with Crippen LogP contribution < -0.4 is 10.6 Å². The van der Waals surface area contributed by atoms with E-state index in [2.05, 4.69) is 20.7 Å². The van der Waals surface area contributed by atoms with Crippen molar-refractivity contribution >= 4 is 23.1 Å². The average Bonchev–Trinajstić information content (AvgIpc) is 3.02. The van der Waals surface area contributed by atoms with Crippen LogP contribution in [-0.4, -0.2) is 26.4 Å². The van der Waals surface area contributed by atoms with Gasteiger partial charge in [-0.2, -0.15) is 18.2 Å². The third kappa shape index (κ3) is 4.43. The Hall–Kier alpha value is -2.94. The first-order valence-corrected chi connectivity index (χ1v) is 8.27. The van der Waals surface area contributed by atoms with Crippen LogP contribution >= 0.6 is 0 Å². The average molecular weight is 377 g/mol. The van der Waals surface area contributed by atoms with Crippen molar-refractivity contribution in [2.75, 3.05) is 5.32 Å². The van der Waals surface area contributed by atoms with Crippen LogP contribution in [0.5, 0.6) is 0 Å². The monoisotopic (exact) mass is 377 g/mol. The first kappa shape index (κ1) is 18.8. The summed E-state index contributed by atoms with van der Waals surface area (Å²) in [5.41, 5.74) is 1.11. The summed E-state index contributed by atoms with van der Waals surface area (Å²) in [5, 5.41) is 10.4. The van der Waals surface area contributed by atoms with Crippen LogP contribution in [0.15, 0.2) is 42.5 Å². The predicted molar refractivity (Wildman–Crippen MR) is 94.7 cm³/mol. The molecule has 142 valence electrons. The molecule has 1 unspecified atom stereocenters. The zero-order valence-electron chi connectivity index (χ0n) is 14.7. The fourth-order valence-corrected chi connectivity index (χ4v) is 2.42. The van der Waals surface area contributed by atoms with Gasteiger partial charge in [-0.05, 0) is 50.2 Å². The number of carbonyl (C=O) groups excluding carboxylic acids is 1. The lowest BCUT2D eigenvalue weighted by Gasteiger charge is -2.10. The number of halogens is 3. The van der Waals surface area contributed by atoms with Crippen LogP contribution in [-0.2, 0) is 17.5 Å². The number of fused-ring (bicyclic) bond motifs is 1. The van der Waals surface area contributed by atoms with Gasteiger partial charge in [-0.15, -0.1) is 5.10 Å². The molecule has 0 bridgehead atoms. The van der Waals surface area contributed by atoms with Gasteiger partial charge in [0.25, 0.3) is 0 Å². The van der Waals surface area contributed by atoms with Crippen molar-refractivity contribution in [2.24, 2.45) is 0 Å². The van der Waals surface area contributed by atoms with Crippen LogP contribution in [0.1, 0.15) is 25.1 Å². The number of hydrogen-bond acceptors (Lipinski definition) is 5. The lowest BCUT2D eigenvalue weighted by molar-refractivity contribution is -0.137. The minimum atomic E-state index is -4.38. The zero-order chi connectivity index (χ0) is 19.6. The molecule has 1 atom stereocenters. The molecule has 0 aliphatic heterocycles. The van der Waals surface area contributed by atoms with Crippen LogP contribution in [0, 0.1) is 0 Å². The Labute approximate surface area is 153 Å². The van der Waals surface area contributed by atoms with Crippen molar-refractivity contribution in [1.29, 1.82) is 0 Å². The minimum absolute atomic E-state index is 0.0328. The molecule has 6 nitrogen and oxygen atoms in total. The second kappa shape index (κ2) is 7.36. The van der Waals surface area contributed by atoms with E-state index in [0.29, 0.717) is 17.9 Å². The molecule has 27 heavy (non-hydrogen) atoms. The molecule has 3 aromatic rings. The Morgan fingerprint density at radius 1 is 1.19 bits per heavy atom. The van der Waals surface area contributed by atoms with Crippen molar-refractivity contribution in [3.63, 3.8) is 0 Å². The van der Waals surface area contributed by atoms with Crippen molar-refractivity contribution in [2.45, 2.75) is 32.6 Å². The number of benzene rings is 1. The molecule has 0 amide bonds. The molecule has 2 aromatic heterocycles. The van der Waals surface area contributed by atoms with E-state index in [1.54, 1.807) is 17.5 Å². The minimum Gasteiger partial charge on any atom is -0.323 e. The summed E-state index contributed by atoms with van der Waals surface area (Å²) in [5.74, 6) is 0.298. The van der Waals surface area contributed by atoms with Gasteiger partial charge in [0.05, 0.1) is 17.3 Å². The maximum absolute atomic E-state index is 12.6. The molecule has 0 aliphatic carbocycles. The Morgan fingerprint density at radius 2 is 1.89 bits per heavy atom. The summed E-state index contributed by atoms with van der Waals surface area (Å²) >= 11 is 0. The Kier molecular flexibility index (Phi) is 5.13. The zero-order valence-corrected chi connectivity index (χ0v) is 14.7. The molecule has 1 aromatic carbocycles. The number of Topliss-reactive ketones (excluding diaryl/α,β-unsaturated/α-hetero) is 1. The summed E-state index contributed by atoms with van der Waals surface area (Å²) in [6.45, 7) is 3.71. The normalized spacial score (nSPS) is 12.9. The second-order valence-corrected chi connectivity index (χ2v) is 6.14. The maximum atomic E-state index is 12.6. The predicted octanol–water partition coefficient (Wildman–Crippen LogP) is 3.56. The third-order valence-corrected chi connectivity index (χ3v) is 4.11. The van der Waals surface area contributed by atoms with Crippen LogP contribution in [0.25, 0.3) is 5.65 Å². The number of nitrogens with zero attached hydrogens (tertiary/aromatic N) is 3. The third-order valence-electron chi connectivity index (χ3n) is 4.11. The largest absolute Gasteiger partial charge is 0.416 e. The van der Waals surface area contributed by atoms with Crippen molar-refractivity contribution in [3.05, 3.63) is 53.7 Å². The number of hydrogen-bond donors (Lipinski definition) is 2. The number of ketones is 1. The first-order chi connectivity index (χ1) is 12.7. The number of alkyl halides is 3. The summed E-state index contributed by atoms with van der Waals surface area (Å²) in [6.07, 6.45) is -4.38. The molecule has 0 radical (unpaired) electrons. The molecule has 0 saturated heterocycles. The van der Waals surface area contributed by atoms with Crippen molar-refractivity contribution < 1.29 is 18.0 Å². The maximum Gasteiger partial charge on any atom is 0.416 e. The highest BCUT2D eigenvalue weighted by atomic mass is 19.4. The van der Waals surface area contributed by atoms with E-state index in [-0.39, 0.29) is 17.8 Å². The number of nitrogens with one attached hydrogen (secondary N) is 2. The van der Waals surface area contributed by atoms with Gasteiger partial charge in [-0.25, -0.2) is 4.52 Å². The number of aromatic nitrogens is 3. The highest BCUT2D eigenvalue weighted by Gasteiger charge is 2.29. The van der Waals surface area contributed by atoms with E-state index >= 15 is 0 Å². The molecule has 2 N–H and O–H groups in total. The van der Waals surface area contributed by atoms with Gasteiger partial charge < -0.3 is 10.6 Å². The van der Waals surface area contributed by atoms with Gasteiger partial charge in [0, 0.05) is 12.2 Å². The number of anilines is 2. The van der Waals surface area contributed by atoms with E-state index in [9.17, 15) is 18.0 Å². The molecule has 3 rings (SSSR count). The molecule has 0 saturated carbocycles. The van der Waals surface area contributed by atoms with Crippen molar-refractivity contribution in [3.8, 4) is 0 Å². The van der Waals surface area contributed by atoms with E-state index in [4.69, 9.17) is 0 Å². The van der Waals surface area contributed by atoms with Gasteiger partial charge in [0.15, 0.2) is 5.65 Å². The van der Waals surface area contributed by atoms with Gasteiger partial charge in [-0.3, -0.25) is 4.79 Å². The number of rotatable bonds is 6. The molecule has 0 spiro atoms. The fraction of sp³-hybridized carbons (Fsp3) is 0.278. The molecule has 9 heteroatoms. The molecular formula is C18H18F3N5O. The van der Waals surface area contributed by atoms with E-state index in [1.165, 1.54) is 19.1 Å². The van der Waals surface area contributed by atoms with Crippen molar-refractivity contribution in [1.82, 2.24) is 19.9 Å². The Bertz CT molecular complexity index is 950. The summed E-state index contributed by atoms with van der Waals surface area (Å²) in [4.78, 5) is 15.7. The summed E-state index contributed by atoms with van der Waals surface area (Å²) < 4.78 is 39.5. The summed E-state index contributed by atoms with van der Waals surface area (Å²) in [6, 6.07) is 9.80. The molecule has 0 fully saturated rings. The van der Waals surface area contributed by atoms with Gasteiger partial charge >= 0.3 is 6.18 Å². The highest BCUT2D eigenvalue weighted by molar-refractivity contribution is 5.80. The van der Waals surface area contributed by atoms with Crippen LogP contribution in [0.4, 0.5) is 24.8 Å². The molecule has 2 heterocycles. The Morgan fingerprint density at radius 3 is 2.52 bits per heavy atom. The summed E-state index contributed by atoms with van der Waals surface area (Å²) in [7, 11) is 0. The first-order valence-electron chi connectivity index (χ1n) is 8.27. The van der Waals surface area contributed by atoms with E-state index in [1.807, 2.05) is 12.1 Å². The van der Waals surface area contributed by atoms with Crippen LogP contribution in [0.2, 0.25) is 0 Å². The van der Waals surface area contributed by atoms with Gasteiger partial charge in [0.2, 0.25) is 5.95 Å². The van der Waals surface area contributed by atoms with Gasteiger partial charge in [0.1, 0.15) is 5.78 Å². The van der Waals surface area contributed by atoms with Crippen LogP contribution in [0.3, 0.4) is 0 Å². The van der Waals surface area contributed by atoms with Gasteiger partial charge in [-0.1, -0.05) is 6.07 Å². The number of carbonyl (C=O) groups is 1. The lowest BCUT2D eigenvalue weighted by atomic mass is 10.2. The van der Waals surface area contributed by atoms with E-state index in [0.717, 1.165) is 17.8 Å². The lowest BCUT2D eigenvalue weighted by Crippen LogP contribution is -2.32. The van der Waals surface area contributed by atoms with E-state index < -0.39 is 11.7 Å². The topological polar surface area (TPSA) is 71.3 Å². The number of pyridine rings is 1. The second-order valence-electron chi connectivity index (χ2n) is 6.14. The quantitative estimate of drug-likeness (QED) is 0.687. The molecule has 0 aliphatic rings. The molecular weight excluding hydrogens is 359 g/mol. The highest BCUT2D eigenvalue weighted by Crippen LogP contribution is 2.30. The smallest absolute Gasteiger partial charge is 0.323 e. The SMILES string of the molecule is CC(=O)C(C)NCc1cccc2nc(Nc3ccc(C(F)(F)F)cc3)nn12. The standard InChI is InChI=1S/C18H18F3N5O/c1-11(12(2)27)22-10-15-4-3-5-16-24-17(25-26(15)16)23-14-8-6-13(7-9-14)18(19,20)21/h3-9,11,22H,10H2,1-2H3,(H,23,25). The Balaban J connectivity index is 1.78. The fourth-order valence-electron chi connectivity index (χ4n) is 2.42.